The summed E-state index contributed by atoms with van der Waals surface area (Å²) in [4.78, 5) is 25.9. The Morgan fingerprint density at radius 1 is 0.525 bits per heavy atom. The van der Waals surface area contributed by atoms with Crippen LogP contribution in [-0.2, 0) is 14.3 Å². The van der Waals surface area contributed by atoms with Crippen molar-refractivity contribution in [2.24, 2.45) is 0 Å². The van der Waals surface area contributed by atoms with E-state index in [9.17, 15) is 19.8 Å². The third-order valence-corrected chi connectivity index (χ3v) is 9.53. The van der Waals surface area contributed by atoms with Gasteiger partial charge in [-0.15, -0.1) is 0 Å². The van der Waals surface area contributed by atoms with E-state index in [-0.39, 0.29) is 31.3 Å². The zero-order valence-corrected chi connectivity index (χ0v) is 37.6. The fraction of sp³-hybridized carbons (Fsp3) is 0.585. The van der Waals surface area contributed by atoms with Gasteiger partial charge in [0, 0.05) is 6.42 Å². The number of amides is 1. The highest BCUT2D eigenvalue weighted by Crippen LogP contribution is 2.14. The molecule has 0 heterocycles. The number of hydrogen-bond acceptors (Lipinski definition) is 5. The predicted molar refractivity (Wildman–Crippen MR) is 254 cm³/mol. The van der Waals surface area contributed by atoms with Crippen LogP contribution >= 0.6 is 0 Å². The van der Waals surface area contributed by atoms with Gasteiger partial charge in [0.25, 0.3) is 0 Å². The highest BCUT2D eigenvalue weighted by Gasteiger charge is 2.23. The minimum absolute atomic E-state index is 0.0769. The molecule has 0 spiro atoms. The maximum absolute atomic E-state index is 13.1. The highest BCUT2D eigenvalue weighted by molar-refractivity contribution is 5.78. The number of ether oxygens (including phenoxy) is 1. The van der Waals surface area contributed by atoms with Gasteiger partial charge in [0.2, 0.25) is 5.91 Å². The summed E-state index contributed by atoms with van der Waals surface area (Å²) in [5.41, 5.74) is 0. The molecule has 1 amide bonds. The molecule has 3 atom stereocenters. The molecular formula is C53H85NO5. The highest BCUT2D eigenvalue weighted by atomic mass is 16.5. The zero-order chi connectivity index (χ0) is 43.1. The molecule has 59 heavy (non-hydrogen) atoms. The van der Waals surface area contributed by atoms with Crippen LogP contribution in [0.2, 0.25) is 0 Å². The van der Waals surface area contributed by atoms with Gasteiger partial charge in [-0.25, -0.2) is 0 Å². The molecule has 0 aliphatic rings. The molecule has 0 aromatic heterocycles. The predicted octanol–water partition coefficient (Wildman–Crippen LogP) is 13.7. The molecule has 0 aromatic carbocycles. The number of esters is 1. The van der Waals surface area contributed by atoms with Gasteiger partial charge in [0.1, 0.15) is 6.10 Å². The molecule has 3 unspecified atom stereocenters. The zero-order valence-electron chi connectivity index (χ0n) is 37.6. The average Bonchev–Trinajstić information content (AvgIpc) is 3.23. The summed E-state index contributed by atoms with van der Waals surface area (Å²) >= 11 is 0. The third kappa shape index (κ3) is 40.8. The van der Waals surface area contributed by atoms with E-state index in [1.54, 1.807) is 6.08 Å². The van der Waals surface area contributed by atoms with Crippen LogP contribution in [-0.4, -0.2) is 46.9 Å². The number of aliphatic hydroxyl groups excluding tert-OH is 2. The van der Waals surface area contributed by atoms with E-state index in [1.807, 2.05) is 6.08 Å². The maximum atomic E-state index is 13.1. The summed E-state index contributed by atoms with van der Waals surface area (Å²) in [6.45, 7) is 6.15. The van der Waals surface area contributed by atoms with Crippen molar-refractivity contribution in [2.75, 3.05) is 6.61 Å². The Labute approximate surface area is 361 Å². The van der Waals surface area contributed by atoms with Crippen molar-refractivity contribution in [3.63, 3.8) is 0 Å². The van der Waals surface area contributed by atoms with Crippen LogP contribution in [0.4, 0.5) is 0 Å². The SMILES string of the molecule is CC/C=C\C/C=C\C/C=C\C/C=C\C/C=C\CCCC(=O)OC(/C=C/C/C=C/C/C=C/C/C=C/C/C=C/CC)CC(=O)NC(CO)C(O)CCCCCCCCCCC. The van der Waals surface area contributed by atoms with Gasteiger partial charge in [-0.2, -0.15) is 0 Å². The van der Waals surface area contributed by atoms with Crippen LogP contribution in [0.25, 0.3) is 0 Å². The van der Waals surface area contributed by atoms with Crippen LogP contribution in [0.5, 0.6) is 0 Å². The standard InChI is InChI=1S/C53H85NO5/c1-4-7-10-13-16-19-21-23-25-26-27-29-31-34-37-40-43-46-53(58)59-49(44-41-38-35-33-30-28-24-22-20-17-14-11-8-5-2)47-52(57)54-50(48-55)51(56)45-42-39-36-32-18-15-12-9-6-3/h7-8,10-11,16-17,19-20,23-25,27-29,33-35,37,41,44,49-51,55-56H,4-6,9,12-15,18,21-22,26,30-32,36,38-40,42-43,45-48H2,1-3H3,(H,54,57)/b10-7-,11-8+,19-16-,20-17+,25-23-,28-24+,29-27-,35-33+,37-34-,44-41+. The van der Waals surface area contributed by atoms with E-state index < -0.39 is 18.2 Å². The van der Waals surface area contributed by atoms with E-state index in [0.29, 0.717) is 19.3 Å². The lowest BCUT2D eigenvalue weighted by Gasteiger charge is -2.23. The molecule has 6 heteroatoms. The maximum Gasteiger partial charge on any atom is 0.306 e. The average molecular weight is 816 g/mol. The first-order chi connectivity index (χ1) is 29.0. The van der Waals surface area contributed by atoms with E-state index >= 15 is 0 Å². The van der Waals surface area contributed by atoms with E-state index in [1.165, 1.54) is 38.5 Å². The van der Waals surface area contributed by atoms with Gasteiger partial charge in [0.15, 0.2) is 0 Å². The van der Waals surface area contributed by atoms with Crippen molar-refractivity contribution in [3.8, 4) is 0 Å². The Kier molecular flexibility index (Phi) is 42.5. The molecule has 332 valence electrons. The number of rotatable bonds is 39. The van der Waals surface area contributed by atoms with Crippen molar-refractivity contribution in [3.05, 3.63) is 122 Å². The minimum atomic E-state index is -0.834. The quantitative estimate of drug-likeness (QED) is 0.0326. The first kappa shape index (κ1) is 55.3. The molecule has 0 radical (unpaired) electrons. The number of carbonyl (C=O) groups is 2. The van der Waals surface area contributed by atoms with Gasteiger partial charge in [-0.05, 0) is 89.5 Å². The Morgan fingerprint density at radius 3 is 1.37 bits per heavy atom. The second kappa shape index (κ2) is 45.3. The van der Waals surface area contributed by atoms with E-state index in [2.05, 4.69) is 135 Å². The Balaban J connectivity index is 4.89. The molecule has 6 nitrogen and oxygen atoms in total. The molecule has 0 saturated heterocycles. The van der Waals surface area contributed by atoms with Crippen LogP contribution in [0.3, 0.4) is 0 Å². The number of carbonyl (C=O) groups excluding carboxylic acids is 2. The molecule has 0 aliphatic heterocycles. The lowest BCUT2D eigenvalue weighted by Crippen LogP contribution is -2.46. The molecule has 0 bridgehead atoms. The Morgan fingerprint density at radius 2 is 0.932 bits per heavy atom. The smallest absolute Gasteiger partial charge is 0.306 e. The number of unbranched alkanes of at least 4 members (excludes halogenated alkanes) is 9. The van der Waals surface area contributed by atoms with E-state index in [4.69, 9.17) is 4.74 Å². The Bertz CT molecular complexity index is 1280. The van der Waals surface area contributed by atoms with Crippen LogP contribution in [0, 0.1) is 0 Å². The Hall–Kier alpha value is -3.74. The number of hydrogen-bond donors (Lipinski definition) is 3. The van der Waals surface area contributed by atoms with Gasteiger partial charge in [-0.3, -0.25) is 9.59 Å². The summed E-state index contributed by atoms with van der Waals surface area (Å²) in [6.07, 6.45) is 62.9. The topological polar surface area (TPSA) is 95.9 Å². The van der Waals surface area contributed by atoms with Gasteiger partial charge < -0.3 is 20.3 Å². The first-order valence-corrected chi connectivity index (χ1v) is 23.3. The van der Waals surface area contributed by atoms with Crippen molar-refractivity contribution in [2.45, 2.75) is 193 Å². The summed E-state index contributed by atoms with van der Waals surface area (Å²) in [5, 5.41) is 23.5. The summed E-state index contributed by atoms with van der Waals surface area (Å²) < 4.78 is 5.77. The summed E-state index contributed by atoms with van der Waals surface area (Å²) in [7, 11) is 0. The molecular weight excluding hydrogens is 731 g/mol. The van der Waals surface area contributed by atoms with E-state index in [0.717, 1.165) is 83.5 Å². The van der Waals surface area contributed by atoms with Crippen LogP contribution in [0.15, 0.2) is 122 Å². The lowest BCUT2D eigenvalue weighted by molar-refractivity contribution is -0.148. The van der Waals surface area contributed by atoms with Crippen molar-refractivity contribution < 1.29 is 24.5 Å². The van der Waals surface area contributed by atoms with Gasteiger partial charge >= 0.3 is 5.97 Å². The number of allylic oxidation sites excluding steroid dienone is 19. The molecule has 0 aliphatic carbocycles. The fourth-order valence-electron chi connectivity index (χ4n) is 6.07. The normalized spacial score (nSPS) is 14.5. The summed E-state index contributed by atoms with van der Waals surface area (Å²) in [5.74, 6) is -0.715. The van der Waals surface area contributed by atoms with Crippen LogP contribution < -0.4 is 5.32 Å². The molecule has 3 N–H and O–H groups in total. The summed E-state index contributed by atoms with van der Waals surface area (Å²) in [6, 6.07) is -0.760. The number of nitrogens with one attached hydrogen (secondary N) is 1. The van der Waals surface area contributed by atoms with Gasteiger partial charge in [-0.1, -0.05) is 194 Å². The third-order valence-electron chi connectivity index (χ3n) is 9.53. The van der Waals surface area contributed by atoms with Crippen molar-refractivity contribution in [1.82, 2.24) is 5.32 Å². The first-order valence-electron chi connectivity index (χ1n) is 23.3. The molecule has 0 rings (SSSR count). The van der Waals surface area contributed by atoms with Crippen molar-refractivity contribution in [1.29, 1.82) is 0 Å². The number of aliphatic hydroxyl groups is 2. The molecule has 0 fully saturated rings. The second-order valence-corrected chi connectivity index (χ2v) is 15.0. The minimum Gasteiger partial charge on any atom is -0.458 e. The van der Waals surface area contributed by atoms with Gasteiger partial charge in [0.05, 0.1) is 25.2 Å². The largest absolute Gasteiger partial charge is 0.458 e. The monoisotopic (exact) mass is 816 g/mol. The lowest BCUT2D eigenvalue weighted by atomic mass is 10.0. The fourth-order valence-corrected chi connectivity index (χ4v) is 6.07. The second-order valence-electron chi connectivity index (χ2n) is 15.0. The van der Waals surface area contributed by atoms with Crippen LogP contribution in [0.1, 0.15) is 175 Å². The molecule has 0 saturated carbocycles. The molecule has 0 aromatic rings. The van der Waals surface area contributed by atoms with Crippen molar-refractivity contribution >= 4 is 11.9 Å².